The second-order valence-electron chi connectivity index (χ2n) is 4.90. The summed E-state index contributed by atoms with van der Waals surface area (Å²) in [7, 11) is 2.93. The number of hydrogen-bond donors (Lipinski definition) is 0. The van der Waals surface area contributed by atoms with Crippen LogP contribution in [-0.2, 0) is 19.1 Å². The third kappa shape index (κ3) is 3.33. The van der Waals surface area contributed by atoms with Gasteiger partial charge in [0.05, 0.1) is 26.1 Å². The molecule has 0 spiro atoms. The first-order valence-electron chi connectivity index (χ1n) is 6.44. The lowest BCUT2D eigenvalue weighted by Crippen LogP contribution is -2.46. The summed E-state index contributed by atoms with van der Waals surface area (Å²) in [4.78, 5) is 31.6. The molecular formula is C14H16N2O6. The van der Waals surface area contributed by atoms with E-state index in [1.165, 1.54) is 34.3 Å². The molecule has 22 heavy (non-hydrogen) atoms. The predicted molar refractivity (Wildman–Crippen MR) is 75.2 cm³/mol. The number of aromatic nitrogens is 1. The monoisotopic (exact) mass is 308 g/mol. The highest BCUT2D eigenvalue weighted by Gasteiger charge is 2.42. The maximum Gasteiger partial charge on any atom is 0.329 e. The Labute approximate surface area is 127 Å². The molecule has 1 aliphatic heterocycles. The van der Waals surface area contributed by atoms with Crippen molar-refractivity contribution in [3.05, 3.63) is 12.3 Å². The number of esters is 2. The standard InChI is InChI=1S/C14H16N2O6/c1-14(2)21-12(17)9(13(18)22-14)7-15-8-5-10(19-3)11(20-4)16-6-8/h5-7,9H,1-4H3. The second-order valence-corrected chi connectivity index (χ2v) is 4.90. The molecule has 1 aliphatic rings. The van der Waals surface area contributed by atoms with Crippen LogP contribution in [0.3, 0.4) is 0 Å². The van der Waals surface area contributed by atoms with Gasteiger partial charge in [0.15, 0.2) is 11.7 Å². The molecule has 8 heteroatoms. The molecule has 0 atom stereocenters. The third-order valence-corrected chi connectivity index (χ3v) is 2.79. The highest BCUT2D eigenvalue weighted by Crippen LogP contribution is 2.28. The summed E-state index contributed by atoms with van der Waals surface area (Å²) < 4.78 is 20.1. The lowest BCUT2D eigenvalue weighted by Gasteiger charge is -2.31. The lowest BCUT2D eigenvalue weighted by molar-refractivity contribution is -0.235. The van der Waals surface area contributed by atoms with Crippen LogP contribution < -0.4 is 9.47 Å². The Hall–Kier alpha value is -2.64. The maximum absolute atomic E-state index is 11.8. The Bertz CT molecular complexity index is 606. The molecule has 1 fully saturated rings. The number of methoxy groups -OCH3 is 2. The van der Waals surface area contributed by atoms with E-state index in [4.69, 9.17) is 18.9 Å². The van der Waals surface area contributed by atoms with E-state index in [1.54, 1.807) is 6.07 Å². The van der Waals surface area contributed by atoms with Gasteiger partial charge in [-0.05, 0) is 0 Å². The van der Waals surface area contributed by atoms with Crippen LogP contribution in [0.5, 0.6) is 11.6 Å². The minimum absolute atomic E-state index is 0.305. The van der Waals surface area contributed by atoms with Gasteiger partial charge in [-0.15, -0.1) is 0 Å². The maximum atomic E-state index is 11.8. The molecule has 1 aromatic rings. The zero-order valence-electron chi connectivity index (χ0n) is 12.7. The summed E-state index contributed by atoms with van der Waals surface area (Å²) in [5.74, 6) is -3.20. The number of ether oxygens (including phenoxy) is 4. The summed E-state index contributed by atoms with van der Waals surface area (Å²) >= 11 is 0. The van der Waals surface area contributed by atoms with E-state index >= 15 is 0 Å². The highest BCUT2D eigenvalue weighted by atomic mass is 16.7. The molecule has 118 valence electrons. The van der Waals surface area contributed by atoms with Crippen molar-refractivity contribution < 1.29 is 28.5 Å². The molecule has 0 aliphatic carbocycles. The fraction of sp³-hybridized carbons (Fsp3) is 0.429. The van der Waals surface area contributed by atoms with Crippen LogP contribution in [0.15, 0.2) is 17.3 Å². The van der Waals surface area contributed by atoms with Gasteiger partial charge in [0.1, 0.15) is 0 Å². The van der Waals surface area contributed by atoms with Crippen LogP contribution in [0.4, 0.5) is 5.69 Å². The average Bonchev–Trinajstić information content (AvgIpc) is 2.44. The summed E-state index contributed by atoms with van der Waals surface area (Å²) in [6, 6.07) is 1.56. The average molecular weight is 308 g/mol. The fourth-order valence-corrected chi connectivity index (χ4v) is 1.80. The van der Waals surface area contributed by atoms with Gasteiger partial charge in [-0.2, -0.15) is 0 Å². The highest BCUT2D eigenvalue weighted by molar-refractivity contribution is 6.10. The predicted octanol–water partition coefficient (Wildman–Crippen LogP) is 1.25. The quantitative estimate of drug-likeness (QED) is 0.469. The van der Waals surface area contributed by atoms with Gasteiger partial charge in [-0.1, -0.05) is 0 Å². The van der Waals surface area contributed by atoms with E-state index < -0.39 is 23.6 Å². The Kier molecular flexibility index (Phi) is 4.30. The smallest absolute Gasteiger partial charge is 0.329 e. The summed E-state index contributed by atoms with van der Waals surface area (Å²) in [5.41, 5.74) is 0.392. The largest absolute Gasteiger partial charge is 0.491 e. The SMILES string of the molecule is COc1cc(N=CC2C(=O)OC(C)(C)OC2=O)cnc1OC. The summed E-state index contributed by atoms with van der Waals surface area (Å²) in [5, 5.41) is 0. The first kappa shape index (κ1) is 15.7. The lowest BCUT2D eigenvalue weighted by atomic mass is 10.1. The van der Waals surface area contributed by atoms with Gasteiger partial charge in [-0.25, -0.2) is 4.98 Å². The molecule has 0 aromatic carbocycles. The molecule has 0 bridgehead atoms. The van der Waals surface area contributed by atoms with Gasteiger partial charge in [0.25, 0.3) is 11.7 Å². The topological polar surface area (TPSA) is 96.3 Å². The van der Waals surface area contributed by atoms with Crippen LogP contribution in [0.2, 0.25) is 0 Å². The number of pyridine rings is 1. The molecule has 0 amide bonds. The van der Waals surface area contributed by atoms with Crippen molar-refractivity contribution in [3.63, 3.8) is 0 Å². The van der Waals surface area contributed by atoms with Crippen LogP contribution in [0, 0.1) is 5.92 Å². The molecule has 2 heterocycles. The number of hydrogen-bond acceptors (Lipinski definition) is 8. The number of carbonyl (C=O) groups is 2. The van der Waals surface area contributed by atoms with Crippen molar-refractivity contribution in [1.29, 1.82) is 0 Å². The van der Waals surface area contributed by atoms with E-state index in [-0.39, 0.29) is 0 Å². The third-order valence-electron chi connectivity index (χ3n) is 2.79. The normalized spacial score (nSPS) is 18.0. The number of cyclic esters (lactones) is 2. The van der Waals surface area contributed by atoms with Crippen molar-refractivity contribution in [2.24, 2.45) is 10.9 Å². The second kappa shape index (κ2) is 6.00. The van der Waals surface area contributed by atoms with E-state index in [0.717, 1.165) is 6.21 Å². The zero-order valence-corrected chi connectivity index (χ0v) is 12.7. The number of rotatable bonds is 4. The minimum atomic E-state index is -1.26. The van der Waals surface area contributed by atoms with Gasteiger partial charge in [0, 0.05) is 26.1 Å². The Morgan fingerprint density at radius 2 is 1.86 bits per heavy atom. The zero-order chi connectivity index (χ0) is 16.3. The van der Waals surface area contributed by atoms with Crippen molar-refractivity contribution in [1.82, 2.24) is 4.98 Å². The molecule has 1 saturated heterocycles. The van der Waals surface area contributed by atoms with Gasteiger partial charge >= 0.3 is 11.9 Å². The van der Waals surface area contributed by atoms with Crippen LogP contribution in [0.1, 0.15) is 13.8 Å². The first-order chi connectivity index (χ1) is 10.4. The Balaban J connectivity index is 2.18. The van der Waals surface area contributed by atoms with E-state index in [2.05, 4.69) is 9.98 Å². The molecule has 1 aromatic heterocycles. The number of carbonyl (C=O) groups excluding carboxylic acids is 2. The molecule has 8 nitrogen and oxygen atoms in total. The molecule has 0 N–H and O–H groups in total. The van der Waals surface area contributed by atoms with Gasteiger partial charge in [0.2, 0.25) is 0 Å². The molecule has 2 rings (SSSR count). The van der Waals surface area contributed by atoms with Crippen molar-refractivity contribution in [2.45, 2.75) is 19.6 Å². The summed E-state index contributed by atoms with van der Waals surface area (Å²) in [6.45, 7) is 2.96. The van der Waals surface area contributed by atoms with Gasteiger partial charge in [-0.3, -0.25) is 14.6 Å². The molecule has 0 radical (unpaired) electrons. The molecule has 0 unspecified atom stereocenters. The van der Waals surface area contributed by atoms with E-state index in [9.17, 15) is 9.59 Å². The Morgan fingerprint density at radius 1 is 1.23 bits per heavy atom. The molecular weight excluding hydrogens is 292 g/mol. The van der Waals surface area contributed by atoms with Crippen LogP contribution in [0.25, 0.3) is 0 Å². The van der Waals surface area contributed by atoms with Crippen LogP contribution >= 0.6 is 0 Å². The first-order valence-corrected chi connectivity index (χ1v) is 6.44. The number of aliphatic imine (C=N–C) groups is 1. The van der Waals surface area contributed by atoms with E-state index in [0.29, 0.717) is 17.3 Å². The van der Waals surface area contributed by atoms with Gasteiger partial charge < -0.3 is 18.9 Å². The van der Waals surface area contributed by atoms with E-state index in [1.807, 2.05) is 0 Å². The van der Waals surface area contributed by atoms with Crippen LogP contribution in [-0.4, -0.2) is 43.1 Å². The fourth-order valence-electron chi connectivity index (χ4n) is 1.80. The minimum Gasteiger partial charge on any atom is -0.491 e. The number of nitrogens with zero attached hydrogens (tertiary/aromatic N) is 2. The van der Waals surface area contributed by atoms with Crippen molar-refractivity contribution in [3.8, 4) is 11.6 Å². The Morgan fingerprint density at radius 3 is 2.41 bits per heavy atom. The summed E-state index contributed by atoms with van der Waals surface area (Å²) in [6.07, 6.45) is 2.57. The van der Waals surface area contributed by atoms with Crippen molar-refractivity contribution >= 4 is 23.8 Å². The molecule has 0 saturated carbocycles. The van der Waals surface area contributed by atoms with Crippen molar-refractivity contribution in [2.75, 3.05) is 14.2 Å².